The predicted octanol–water partition coefficient (Wildman–Crippen LogP) is 3.21. The predicted molar refractivity (Wildman–Crippen MR) is 55.2 cm³/mol. The number of phenolic OH excluding ortho intramolecular Hbond substituents is 1. The van der Waals surface area contributed by atoms with Crippen LogP contribution < -0.4 is 0 Å². The number of aryl methyl sites for hydroxylation is 1. The molecule has 0 amide bonds. The average Bonchev–Trinajstić information content (AvgIpc) is 2.70. The van der Waals surface area contributed by atoms with E-state index in [4.69, 9.17) is 4.42 Å². The Labute approximate surface area is 82.8 Å². The van der Waals surface area contributed by atoms with Crippen molar-refractivity contribution in [1.82, 2.24) is 0 Å². The SMILES string of the molecule is CCc1ccc(-c2ccoc2)c(O)c1. The summed E-state index contributed by atoms with van der Waals surface area (Å²) in [6.07, 6.45) is 4.16. The quantitative estimate of drug-likeness (QED) is 0.785. The fraction of sp³-hybridized carbons (Fsp3) is 0.167. The van der Waals surface area contributed by atoms with Crippen LogP contribution in [0.5, 0.6) is 5.75 Å². The molecule has 1 aromatic heterocycles. The Morgan fingerprint density at radius 1 is 1.29 bits per heavy atom. The molecule has 2 heteroatoms. The van der Waals surface area contributed by atoms with E-state index >= 15 is 0 Å². The summed E-state index contributed by atoms with van der Waals surface area (Å²) >= 11 is 0. The van der Waals surface area contributed by atoms with Crippen LogP contribution >= 0.6 is 0 Å². The summed E-state index contributed by atoms with van der Waals surface area (Å²) in [4.78, 5) is 0. The van der Waals surface area contributed by atoms with Crippen molar-refractivity contribution in [2.24, 2.45) is 0 Å². The third-order valence-electron chi connectivity index (χ3n) is 2.30. The number of phenols is 1. The van der Waals surface area contributed by atoms with Crippen LogP contribution in [0.3, 0.4) is 0 Å². The standard InChI is InChI=1S/C12H12O2/c1-2-9-3-4-11(12(13)7-9)10-5-6-14-8-10/h3-8,13H,2H2,1H3. The van der Waals surface area contributed by atoms with Crippen LogP contribution in [0.1, 0.15) is 12.5 Å². The maximum Gasteiger partial charge on any atom is 0.123 e. The molecule has 0 atom stereocenters. The van der Waals surface area contributed by atoms with Crippen LogP contribution in [-0.2, 0) is 6.42 Å². The Kier molecular flexibility index (Phi) is 2.27. The second kappa shape index (κ2) is 3.58. The molecule has 0 bridgehead atoms. The van der Waals surface area contributed by atoms with E-state index in [0.717, 1.165) is 23.1 Å². The van der Waals surface area contributed by atoms with Crippen molar-refractivity contribution in [3.05, 3.63) is 42.4 Å². The van der Waals surface area contributed by atoms with Gasteiger partial charge in [-0.1, -0.05) is 19.1 Å². The number of furan rings is 1. The lowest BCUT2D eigenvalue weighted by Crippen LogP contribution is -1.81. The highest BCUT2D eigenvalue weighted by atomic mass is 16.3. The molecule has 0 aliphatic heterocycles. The lowest BCUT2D eigenvalue weighted by atomic mass is 10.0. The second-order valence-electron chi connectivity index (χ2n) is 3.22. The minimum atomic E-state index is 0.311. The zero-order valence-electron chi connectivity index (χ0n) is 8.03. The lowest BCUT2D eigenvalue weighted by Gasteiger charge is -2.03. The molecule has 0 spiro atoms. The average molecular weight is 188 g/mol. The first-order valence-electron chi connectivity index (χ1n) is 4.65. The van der Waals surface area contributed by atoms with Crippen LogP contribution in [0, 0.1) is 0 Å². The molecule has 0 saturated carbocycles. The van der Waals surface area contributed by atoms with E-state index < -0.39 is 0 Å². The van der Waals surface area contributed by atoms with Gasteiger partial charge >= 0.3 is 0 Å². The molecule has 0 fully saturated rings. The van der Waals surface area contributed by atoms with Crippen molar-refractivity contribution in [2.45, 2.75) is 13.3 Å². The first kappa shape index (κ1) is 8.88. The van der Waals surface area contributed by atoms with Crippen LogP contribution in [-0.4, -0.2) is 5.11 Å². The first-order valence-corrected chi connectivity index (χ1v) is 4.65. The Morgan fingerprint density at radius 3 is 2.71 bits per heavy atom. The smallest absolute Gasteiger partial charge is 0.123 e. The third kappa shape index (κ3) is 1.51. The van der Waals surface area contributed by atoms with Crippen LogP contribution in [0.4, 0.5) is 0 Å². The number of rotatable bonds is 2. The van der Waals surface area contributed by atoms with Gasteiger partial charge in [-0.3, -0.25) is 0 Å². The van der Waals surface area contributed by atoms with Gasteiger partial charge in [-0.15, -0.1) is 0 Å². The van der Waals surface area contributed by atoms with Gasteiger partial charge in [0.2, 0.25) is 0 Å². The van der Waals surface area contributed by atoms with Gasteiger partial charge < -0.3 is 9.52 Å². The summed E-state index contributed by atoms with van der Waals surface area (Å²) in [6.45, 7) is 2.06. The normalized spacial score (nSPS) is 10.4. The van der Waals surface area contributed by atoms with Gasteiger partial charge in [0, 0.05) is 11.1 Å². The van der Waals surface area contributed by atoms with Crippen molar-refractivity contribution in [2.75, 3.05) is 0 Å². The first-order chi connectivity index (χ1) is 6.81. The van der Waals surface area contributed by atoms with Crippen LogP contribution in [0.15, 0.2) is 41.2 Å². The summed E-state index contributed by atoms with van der Waals surface area (Å²) in [7, 11) is 0. The number of hydrogen-bond acceptors (Lipinski definition) is 2. The summed E-state index contributed by atoms with van der Waals surface area (Å²) in [6, 6.07) is 7.56. The van der Waals surface area contributed by atoms with Gasteiger partial charge in [-0.25, -0.2) is 0 Å². The molecule has 1 heterocycles. The fourth-order valence-electron chi connectivity index (χ4n) is 1.46. The highest BCUT2D eigenvalue weighted by Crippen LogP contribution is 2.30. The minimum Gasteiger partial charge on any atom is -0.507 e. The molecular weight excluding hydrogens is 176 g/mol. The molecule has 14 heavy (non-hydrogen) atoms. The van der Waals surface area contributed by atoms with Crippen molar-refractivity contribution in [3.63, 3.8) is 0 Å². The molecule has 2 nitrogen and oxygen atoms in total. The van der Waals surface area contributed by atoms with E-state index in [2.05, 4.69) is 6.92 Å². The van der Waals surface area contributed by atoms with E-state index in [-0.39, 0.29) is 0 Å². The Morgan fingerprint density at radius 2 is 2.14 bits per heavy atom. The Hall–Kier alpha value is -1.70. The van der Waals surface area contributed by atoms with Crippen molar-refractivity contribution < 1.29 is 9.52 Å². The summed E-state index contributed by atoms with van der Waals surface area (Å²) in [5, 5.41) is 9.75. The molecule has 0 saturated heterocycles. The van der Waals surface area contributed by atoms with E-state index in [1.165, 1.54) is 0 Å². The van der Waals surface area contributed by atoms with Crippen molar-refractivity contribution >= 4 is 0 Å². The highest BCUT2D eigenvalue weighted by molar-refractivity contribution is 5.69. The zero-order chi connectivity index (χ0) is 9.97. The number of hydrogen-bond donors (Lipinski definition) is 1. The Bertz CT molecular complexity index is 416. The van der Waals surface area contributed by atoms with E-state index in [1.54, 1.807) is 18.6 Å². The molecule has 2 aromatic rings. The molecule has 1 N–H and O–H groups in total. The summed E-state index contributed by atoms with van der Waals surface area (Å²) in [5.41, 5.74) is 2.86. The minimum absolute atomic E-state index is 0.311. The fourth-order valence-corrected chi connectivity index (χ4v) is 1.46. The van der Waals surface area contributed by atoms with E-state index in [1.807, 2.05) is 18.2 Å². The Balaban J connectivity index is 2.46. The van der Waals surface area contributed by atoms with E-state index in [9.17, 15) is 5.11 Å². The number of aromatic hydroxyl groups is 1. The lowest BCUT2D eigenvalue weighted by molar-refractivity contribution is 0.476. The molecular formula is C12H12O2. The second-order valence-corrected chi connectivity index (χ2v) is 3.22. The molecule has 1 aromatic carbocycles. The molecule has 0 radical (unpaired) electrons. The summed E-state index contributed by atoms with van der Waals surface area (Å²) < 4.78 is 4.97. The molecule has 0 aliphatic carbocycles. The molecule has 2 rings (SSSR count). The van der Waals surface area contributed by atoms with Gasteiger partial charge in [-0.2, -0.15) is 0 Å². The van der Waals surface area contributed by atoms with Crippen LogP contribution in [0.25, 0.3) is 11.1 Å². The molecule has 0 aliphatic rings. The van der Waals surface area contributed by atoms with Crippen molar-refractivity contribution in [1.29, 1.82) is 0 Å². The third-order valence-corrected chi connectivity index (χ3v) is 2.30. The highest BCUT2D eigenvalue weighted by Gasteiger charge is 2.05. The maximum atomic E-state index is 9.75. The van der Waals surface area contributed by atoms with Gasteiger partial charge in [0.05, 0.1) is 12.5 Å². The van der Waals surface area contributed by atoms with Gasteiger partial charge in [0.15, 0.2) is 0 Å². The summed E-state index contributed by atoms with van der Waals surface area (Å²) in [5.74, 6) is 0.311. The van der Waals surface area contributed by atoms with Crippen LogP contribution in [0.2, 0.25) is 0 Å². The zero-order valence-corrected chi connectivity index (χ0v) is 8.03. The topological polar surface area (TPSA) is 33.4 Å². The van der Waals surface area contributed by atoms with Crippen molar-refractivity contribution in [3.8, 4) is 16.9 Å². The maximum absolute atomic E-state index is 9.75. The van der Waals surface area contributed by atoms with Gasteiger partial charge in [0.25, 0.3) is 0 Å². The molecule has 0 unspecified atom stereocenters. The van der Waals surface area contributed by atoms with Gasteiger partial charge in [-0.05, 0) is 24.1 Å². The largest absolute Gasteiger partial charge is 0.507 e. The van der Waals surface area contributed by atoms with Gasteiger partial charge in [0.1, 0.15) is 5.75 Å². The molecule has 72 valence electrons. The monoisotopic (exact) mass is 188 g/mol. The number of benzene rings is 1. The van der Waals surface area contributed by atoms with E-state index in [0.29, 0.717) is 5.75 Å².